The summed E-state index contributed by atoms with van der Waals surface area (Å²) in [4.78, 5) is 13.1. The van der Waals surface area contributed by atoms with Crippen LogP contribution in [0.1, 0.15) is 18.4 Å². The van der Waals surface area contributed by atoms with Gasteiger partial charge in [-0.15, -0.1) is 0 Å². The lowest BCUT2D eigenvalue weighted by Crippen LogP contribution is -2.31. The van der Waals surface area contributed by atoms with E-state index in [2.05, 4.69) is 10.2 Å². The number of hydrogen-bond donors (Lipinski definition) is 1. The van der Waals surface area contributed by atoms with Crippen LogP contribution in [0.4, 0.5) is 13.2 Å². The number of H-pyrrole nitrogens is 1. The number of hydrogen-bond acceptors (Lipinski definition) is 3. The minimum absolute atomic E-state index is 0.0427. The standard InChI is InChI=1S/C16H19F3N4OS/c1-11-3-5-12(6-4-11)14-20-21-15(25)23(14)9-7-13(24)22(2)10-8-16(17,18)19/h3-6H,7-10H2,1-2H3,(H,21,25). The molecule has 0 bridgehead atoms. The van der Waals surface area contributed by atoms with Crippen molar-refractivity contribution in [2.75, 3.05) is 13.6 Å². The Bertz CT molecular complexity index is 780. The molecule has 0 saturated carbocycles. The summed E-state index contributed by atoms with van der Waals surface area (Å²) in [7, 11) is 1.36. The van der Waals surface area contributed by atoms with Gasteiger partial charge in [-0.3, -0.25) is 14.5 Å². The first-order chi connectivity index (χ1) is 11.7. The number of carbonyl (C=O) groups excluding carboxylic acids is 1. The third-order valence-corrected chi connectivity index (χ3v) is 4.09. The Morgan fingerprint density at radius 3 is 2.56 bits per heavy atom. The summed E-state index contributed by atoms with van der Waals surface area (Å²) in [6.07, 6.45) is -5.25. The second-order valence-electron chi connectivity index (χ2n) is 5.80. The van der Waals surface area contributed by atoms with Crippen LogP contribution in [0.25, 0.3) is 11.4 Å². The van der Waals surface area contributed by atoms with Crippen LogP contribution in [0.3, 0.4) is 0 Å². The van der Waals surface area contributed by atoms with Crippen LogP contribution in [0.2, 0.25) is 0 Å². The van der Waals surface area contributed by atoms with Gasteiger partial charge in [-0.1, -0.05) is 29.8 Å². The maximum absolute atomic E-state index is 12.2. The molecule has 0 spiro atoms. The van der Waals surface area contributed by atoms with Crippen molar-refractivity contribution in [2.24, 2.45) is 0 Å². The minimum Gasteiger partial charge on any atom is -0.345 e. The minimum atomic E-state index is -4.28. The molecule has 1 N–H and O–H groups in total. The maximum atomic E-state index is 12.2. The Labute approximate surface area is 148 Å². The van der Waals surface area contributed by atoms with Crippen LogP contribution >= 0.6 is 12.2 Å². The molecule has 1 aromatic carbocycles. The Kier molecular flexibility index (Phi) is 5.99. The van der Waals surface area contributed by atoms with Gasteiger partial charge in [-0.25, -0.2) is 0 Å². The molecule has 0 aliphatic carbocycles. The van der Waals surface area contributed by atoms with Gasteiger partial charge < -0.3 is 4.90 Å². The highest BCUT2D eigenvalue weighted by molar-refractivity contribution is 7.71. The highest BCUT2D eigenvalue weighted by Gasteiger charge is 2.28. The zero-order valence-corrected chi connectivity index (χ0v) is 14.7. The van der Waals surface area contributed by atoms with Crippen molar-refractivity contribution in [3.63, 3.8) is 0 Å². The van der Waals surface area contributed by atoms with Crippen molar-refractivity contribution in [1.82, 2.24) is 19.7 Å². The van der Waals surface area contributed by atoms with E-state index in [0.29, 0.717) is 10.6 Å². The molecule has 0 unspecified atom stereocenters. The number of halogens is 3. The first-order valence-electron chi connectivity index (χ1n) is 7.70. The van der Waals surface area contributed by atoms with Gasteiger partial charge >= 0.3 is 6.18 Å². The monoisotopic (exact) mass is 372 g/mol. The van der Waals surface area contributed by atoms with Crippen molar-refractivity contribution in [1.29, 1.82) is 0 Å². The van der Waals surface area contributed by atoms with Crippen molar-refractivity contribution in [2.45, 2.75) is 32.5 Å². The second-order valence-corrected chi connectivity index (χ2v) is 6.19. The van der Waals surface area contributed by atoms with Crippen LogP contribution in [0.5, 0.6) is 0 Å². The molecule has 0 aliphatic heterocycles. The molecule has 136 valence electrons. The number of rotatable bonds is 6. The number of benzene rings is 1. The summed E-state index contributed by atoms with van der Waals surface area (Å²) >= 11 is 5.19. The van der Waals surface area contributed by atoms with Crippen molar-refractivity contribution < 1.29 is 18.0 Å². The number of carbonyl (C=O) groups is 1. The van der Waals surface area contributed by atoms with Gasteiger partial charge in [0.2, 0.25) is 5.91 Å². The molecule has 2 aromatic rings. The Balaban J connectivity index is 2.04. The van der Waals surface area contributed by atoms with Crippen molar-refractivity contribution >= 4 is 18.1 Å². The van der Waals surface area contributed by atoms with Crippen molar-refractivity contribution in [3.8, 4) is 11.4 Å². The summed E-state index contributed by atoms with van der Waals surface area (Å²) < 4.78 is 38.8. The lowest BCUT2D eigenvalue weighted by atomic mass is 10.1. The molecule has 1 aromatic heterocycles. The van der Waals surface area contributed by atoms with E-state index in [4.69, 9.17) is 12.2 Å². The maximum Gasteiger partial charge on any atom is 0.390 e. The molecule has 0 radical (unpaired) electrons. The normalized spacial score (nSPS) is 11.6. The highest BCUT2D eigenvalue weighted by Crippen LogP contribution is 2.20. The molecule has 0 aliphatic rings. The molecule has 1 heterocycles. The summed E-state index contributed by atoms with van der Waals surface area (Å²) in [5.41, 5.74) is 1.95. The lowest BCUT2D eigenvalue weighted by Gasteiger charge is -2.18. The van der Waals surface area contributed by atoms with Gasteiger partial charge in [0.05, 0.1) is 6.42 Å². The van der Waals surface area contributed by atoms with E-state index in [1.165, 1.54) is 7.05 Å². The zero-order valence-electron chi connectivity index (χ0n) is 13.9. The molecule has 1 amide bonds. The molecule has 0 fully saturated rings. The van der Waals surface area contributed by atoms with Gasteiger partial charge in [-0.2, -0.15) is 18.3 Å². The molecular weight excluding hydrogens is 353 g/mol. The summed E-state index contributed by atoms with van der Waals surface area (Å²) in [6, 6.07) is 7.67. The zero-order chi connectivity index (χ0) is 18.6. The summed E-state index contributed by atoms with van der Waals surface area (Å²) in [5.74, 6) is 0.220. The summed E-state index contributed by atoms with van der Waals surface area (Å²) in [5, 5.41) is 6.87. The fourth-order valence-electron chi connectivity index (χ4n) is 2.27. The van der Waals surface area contributed by atoms with Crippen LogP contribution in [0, 0.1) is 11.7 Å². The predicted octanol–water partition coefficient (Wildman–Crippen LogP) is 3.72. The first-order valence-corrected chi connectivity index (χ1v) is 8.11. The number of nitrogens with one attached hydrogen (secondary N) is 1. The van der Waals surface area contributed by atoms with Crippen molar-refractivity contribution in [3.05, 3.63) is 34.6 Å². The van der Waals surface area contributed by atoms with E-state index in [1.54, 1.807) is 4.57 Å². The quantitative estimate of drug-likeness (QED) is 0.787. The number of aryl methyl sites for hydroxylation is 1. The number of alkyl halides is 3. The number of aromatic nitrogens is 3. The fourth-order valence-corrected chi connectivity index (χ4v) is 2.49. The highest BCUT2D eigenvalue weighted by atomic mass is 32.1. The first kappa shape index (κ1) is 19.2. The van der Waals surface area contributed by atoms with E-state index >= 15 is 0 Å². The third-order valence-electron chi connectivity index (χ3n) is 3.77. The fraction of sp³-hybridized carbons (Fsp3) is 0.438. The molecule has 2 rings (SSSR count). The molecule has 0 atom stereocenters. The number of aromatic amines is 1. The van der Waals surface area contributed by atoms with E-state index < -0.39 is 12.6 Å². The molecular formula is C16H19F3N4OS. The Morgan fingerprint density at radius 2 is 1.96 bits per heavy atom. The van der Waals surface area contributed by atoms with Crippen LogP contribution in [0.15, 0.2) is 24.3 Å². The number of nitrogens with zero attached hydrogens (tertiary/aromatic N) is 3. The van der Waals surface area contributed by atoms with Crippen LogP contribution < -0.4 is 0 Å². The smallest absolute Gasteiger partial charge is 0.345 e. The lowest BCUT2D eigenvalue weighted by molar-refractivity contribution is -0.144. The van der Waals surface area contributed by atoms with Crippen LogP contribution in [-0.2, 0) is 11.3 Å². The van der Waals surface area contributed by atoms with E-state index in [9.17, 15) is 18.0 Å². The van der Waals surface area contributed by atoms with Gasteiger partial charge in [0.15, 0.2) is 10.6 Å². The second kappa shape index (κ2) is 7.81. The third kappa shape index (κ3) is 5.42. The number of amides is 1. The molecule has 0 saturated heterocycles. The Morgan fingerprint density at radius 1 is 1.32 bits per heavy atom. The van der Waals surface area contributed by atoms with Gasteiger partial charge in [0.1, 0.15) is 0 Å². The van der Waals surface area contributed by atoms with E-state index in [1.807, 2.05) is 31.2 Å². The van der Waals surface area contributed by atoms with Gasteiger partial charge in [0, 0.05) is 32.1 Å². The van der Waals surface area contributed by atoms with E-state index in [-0.39, 0.29) is 25.4 Å². The SMILES string of the molecule is Cc1ccc(-c2n[nH]c(=S)n2CCC(=O)N(C)CCC(F)(F)F)cc1. The average Bonchev–Trinajstić information content (AvgIpc) is 2.91. The molecule has 5 nitrogen and oxygen atoms in total. The predicted molar refractivity (Wildman–Crippen MR) is 90.5 cm³/mol. The average molecular weight is 372 g/mol. The topological polar surface area (TPSA) is 53.9 Å². The summed E-state index contributed by atoms with van der Waals surface area (Å²) in [6.45, 7) is 1.86. The van der Waals surface area contributed by atoms with E-state index in [0.717, 1.165) is 16.0 Å². The van der Waals surface area contributed by atoms with Gasteiger partial charge in [-0.05, 0) is 19.1 Å². The largest absolute Gasteiger partial charge is 0.390 e. The van der Waals surface area contributed by atoms with Crippen LogP contribution in [-0.4, -0.2) is 45.3 Å². The molecule has 9 heteroatoms. The molecule has 25 heavy (non-hydrogen) atoms. The van der Waals surface area contributed by atoms with Gasteiger partial charge in [0.25, 0.3) is 0 Å². The Hall–Kier alpha value is -2.16.